The molecular formula is C27H30O17. The van der Waals surface area contributed by atoms with Crippen LogP contribution in [0.3, 0.4) is 0 Å². The Morgan fingerprint density at radius 1 is 0.659 bits per heavy atom. The molecule has 1 aromatic heterocycles. The maximum atomic E-state index is 13.7. The molecule has 3 aromatic rings. The summed E-state index contributed by atoms with van der Waals surface area (Å²) in [7, 11) is 0. The van der Waals surface area contributed by atoms with Gasteiger partial charge in [-0.1, -0.05) is 0 Å². The van der Waals surface area contributed by atoms with Gasteiger partial charge in [-0.25, -0.2) is 0 Å². The Morgan fingerprint density at radius 3 is 1.77 bits per heavy atom. The van der Waals surface area contributed by atoms with Crippen LogP contribution in [0.15, 0.2) is 39.5 Å². The van der Waals surface area contributed by atoms with Gasteiger partial charge in [0.1, 0.15) is 71.3 Å². The molecule has 10 atom stereocenters. The molecule has 0 aliphatic carbocycles. The molecule has 2 aliphatic heterocycles. The second kappa shape index (κ2) is 12.3. The largest absolute Gasteiger partial charge is 0.507 e. The fraction of sp³-hybridized carbons (Fsp3) is 0.444. The number of hydrogen-bond acceptors (Lipinski definition) is 17. The van der Waals surface area contributed by atoms with E-state index in [2.05, 4.69) is 0 Å². The highest BCUT2D eigenvalue weighted by molar-refractivity contribution is 5.88. The lowest BCUT2D eigenvalue weighted by Gasteiger charge is -2.39. The molecule has 0 spiro atoms. The van der Waals surface area contributed by atoms with Crippen LogP contribution < -0.4 is 14.9 Å². The van der Waals surface area contributed by atoms with Crippen molar-refractivity contribution in [2.75, 3.05) is 13.2 Å². The zero-order valence-electron chi connectivity index (χ0n) is 22.4. The number of aliphatic hydroxyl groups is 8. The average Bonchev–Trinajstić information content (AvgIpc) is 2.99. The summed E-state index contributed by atoms with van der Waals surface area (Å²) >= 11 is 0. The normalized spacial score (nSPS) is 32.5. The maximum absolute atomic E-state index is 13.7. The van der Waals surface area contributed by atoms with Crippen LogP contribution in [0, 0.1) is 0 Å². The lowest BCUT2D eigenvalue weighted by molar-refractivity contribution is -0.277. The number of rotatable bonds is 7. The van der Waals surface area contributed by atoms with Gasteiger partial charge in [0.15, 0.2) is 17.3 Å². The fourth-order valence-electron chi connectivity index (χ4n) is 4.87. The molecule has 11 N–H and O–H groups in total. The highest BCUT2D eigenvalue weighted by atomic mass is 16.7. The zero-order chi connectivity index (χ0) is 32.0. The van der Waals surface area contributed by atoms with Crippen LogP contribution in [-0.2, 0) is 9.47 Å². The number of benzene rings is 2. The van der Waals surface area contributed by atoms with E-state index >= 15 is 0 Å². The lowest BCUT2D eigenvalue weighted by atomic mass is 9.99. The highest BCUT2D eigenvalue weighted by Crippen LogP contribution is 2.40. The van der Waals surface area contributed by atoms with Gasteiger partial charge in [0.2, 0.25) is 23.8 Å². The third-order valence-corrected chi connectivity index (χ3v) is 7.33. The zero-order valence-corrected chi connectivity index (χ0v) is 22.4. The number of hydrogen-bond donors (Lipinski definition) is 11. The van der Waals surface area contributed by atoms with Crippen molar-refractivity contribution in [3.8, 4) is 40.1 Å². The summed E-state index contributed by atoms with van der Waals surface area (Å²) in [5, 5.41) is 110. The van der Waals surface area contributed by atoms with Crippen LogP contribution in [0.1, 0.15) is 0 Å². The molecule has 0 unspecified atom stereocenters. The number of fused-ring (bicyclic) bond motifs is 1. The molecule has 240 valence electrons. The van der Waals surface area contributed by atoms with Gasteiger partial charge in [-0.2, -0.15) is 0 Å². The second-order valence-electron chi connectivity index (χ2n) is 10.2. The van der Waals surface area contributed by atoms with Gasteiger partial charge in [0.05, 0.1) is 13.2 Å². The molecule has 17 heteroatoms. The predicted molar refractivity (Wildman–Crippen MR) is 142 cm³/mol. The molecule has 2 saturated heterocycles. The third kappa shape index (κ3) is 5.61. The Bertz CT molecular complexity index is 1550. The molecule has 17 nitrogen and oxygen atoms in total. The van der Waals surface area contributed by atoms with Gasteiger partial charge >= 0.3 is 0 Å². The summed E-state index contributed by atoms with van der Waals surface area (Å²) in [6.45, 7) is -1.53. The minimum atomic E-state index is -1.94. The summed E-state index contributed by atoms with van der Waals surface area (Å²) in [5.74, 6) is -3.35. The number of phenols is 3. The van der Waals surface area contributed by atoms with Crippen molar-refractivity contribution >= 4 is 11.0 Å². The minimum Gasteiger partial charge on any atom is -0.507 e. The first-order valence-electron chi connectivity index (χ1n) is 13.2. The summed E-state index contributed by atoms with van der Waals surface area (Å²) in [4.78, 5) is 13.7. The quantitative estimate of drug-likeness (QED) is 0.116. The van der Waals surface area contributed by atoms with Crippen molar-refractivity contribution in [3.05, 3.63) is 40.6 Å². The second-order valence-corrected chi connectivity index (χ2v) is 10.2. The molecule has 5 rings (SSSR count). The first-order valence-corrected chi connectivity index (χ1v) is 13.2. The third-order valence-electron chi connectivity index (χ3n) is 7.33. The predicted octanol–water partition coefficient (Wildman–Crippen LogP) is -3.07. The Hall–Kier alpha value is -3.75. The van der Waals surface area contributed by atoms with Crippen LogP contribution in [-0.4, -0.2) is 131 Å². The Labute approximate surface area is 246 Å². The summed E-state index contributed by atoms with van der Waals surface area (Å²) in [6, 6.07) is 5.27. The van der Waals surface area contributed by atoms with Gasteiger partial charge in [0.25, 0.3) is 0 Å². The molecule has 0 saturated carbocycles. The highest BCUT2D eigenvalue weighted by Gasteiger charge is 2.46. The van der Waals surface area contributed by atoms with Gasteiger partial charge in [-0.3, -0.25) is 4.79 Å². The molecule has 0 amide bonds. The molecule has 2 aliphatic rings. The van der Waals surface area contributed by atoms with E-state index < -0.39 is 114 Å². The van der Waals surface area contributed by atoms with E-state index in [0.29, 0.717) is 0 Å². The van der Waals surface area contributed by atoms with E-state index in [-0.39, 0.29) is 16.9 Å². The standard InChI is InChI=1S/C27H30O17/c28-6-14-17(33)20(36)22(38)26(42-14)40-9-4-12(32)16-13(5-9)41-24(8-1-2-10(30)11(31)3-8)25(19(16)35)44-27-23(39)21(37)18(34)15(7-29)43-27/h1-5,14-15,17-18,20-23,26-34,36-39H,6-7H2/t14-,15-,17-,18+,20+,21+,22-,23-,26-,27+/m0/s1. The summed E-state index contributed by atoms with van der Waals surface area (Å²) in [5.41, 5.74) is -1.50. The lowest BCUT2D eigenvalue weighted by Crippen LogP contribution is -2.60. The Morgan fingerprint density at radius 2 is 1.23 bits per heavy atom. The molecule has 0 bridgehead atoms. The van der Waals surface area contributed by atoms with E-state index in [1.54, 1.807) is 0 Å². The van der Waals surface area contributed by atoms with Crippen molar-refractivity contribution in [2.45, 2.75) is 61.4 Å². The van der Waals surface area contributed by atoms with Crippen molar-refractivity contribution in [1.29, 1.82) is 0 Å². The minimum absolute atomic E-state index is 0.0707. The van der Waals surface area contributed by atoms with Crippen LogP contribution >= 0.6 is 0 Å². The van der Waals surface area contributed by atoms with Crippen molar-refractivity contribution in [3.63, 3.8) is 0 Å². The van der Waals surface area contributed by atoms with Crippen LogP contribution in [0.2, 0.25) is 0 Å². The van der Waals surface area contributed by atoms with Crippen LogP contribution in [0.4, 0.5) is 0 Å². The number of aromatic hydroxyl groups is 3. The summed E-state index contributed by atoms with van der Waals surface area (Å²) < 4.78 is 27.6. The molecular weight excluding hydrogens is 596 g/mol. The molecule has 44 heavy (non-hydrogen) atoms. The van der Waals surface area contributed by atoms with Gasteiger partial charge in [-0.15, -0.1) is 0 Å². The molecule has 2 fully saturated rings. The van der Waals surface area contributed by atoms with E-state index in [4.69, 9.17) is 23.4 Å². The van der Waals surface area contributed by atoms with Crippen LogP contribution in [0.5, 0.6) is 28.7 Å². The van der Waals surface area contributed by atoms with Crippen molar-refractivity contribution in [2.24, 2.45) is 0 Å². The molecule has 0 radical (unpaired) electrons. The van der Waals surface area contributed by atoms with E-state index in [1.165, 1.54) is 6.07 Å². The maximum Gasteiger partial charge on any atom is 0.239 e. The van der Waals surface area contributed by atoms with E-state index in [0.717, 1.165) is 24.3 Å². The van der Waals surface area contributed by atoms with E-state index in [9.17, 15) is 61.0 Å². The topological polar surface area (TPSA) is 290 Å². The monoisotopic (exact) mass is 626 g/mol. The SMILES string of the molecule is O=c1c(O[C@H]2O[C@@H](CO)[C@@H](O)[C@@H](O)[C@@H]2O)c(-c2ccc(O)c(O)c2)oc2cc(O[C@H]3O[C@@H](CO)[C@H](O)[C@@H](O)[C@@H]3O)cc(O)c12. The number of aliphatic hydroxyl groups excluding tert-OH is 8. The van der Waals surface area contributed by atoms with Gasteiger partial charge in [0, 0.05) is 17.7 Å². The first kappa shape index (κ1) is 31.7. The van der Waals surface area contributed by atoms with E-state index in [1.807, 2.05) is 0 Å². The summed E-state index contributed by atoms with van der Waals surface area (Å²) in [6.07, 6.45) is -17.0. The molecule has 2 aromatic carbocycles. The Kier molecular flexibility index (Phi) is 8.87. The first-order chi connectivity index (χ1) is 20.9. The van der Waals surface area contributed by atoms with Gasteiger partial charge in [-0.05, 0) is 18.2 Å². The number of ether oxygens (including phenoxy) is 4. The molecule has 3 heterocycles. The van der Waals surface area contributed by atoms with Crippen LogP contribution in [0.25, 0.3) is 22.3 Å². The fourth-order valence-corrected chi connectivity index (χ4v) is 4.87. The smallest absolute Gasteiger partial charge is 0.239 e. The Balaban J connectivity index is 1.60. The van der Waals surface area contributed by atoms with Gasteiger partial charge < -0.3 is 79.5 Å². The van der Waals surface area contributed by atoms with Crippen molar-refractivity contribution < 1.29 is 79.5 Å². The van der Waals surface area contributed by atoms with Crippen molar-refractivity contribution in [1.82, 2.24) is 0 Å². The average molecular weight is 627 g/mol. The number of phenolic OH excluding ortho intramolecular Hbond substituents is 3.